The predicted molar refractivity (Wildman–Crippen MR) is 53.8 cm³/mol. The molecule has 78 valence electrons. The van der Waals surface area contributed by atoms with Gasteiger partial charge in [0.2, 0.25) is 0 Å². The number of unbranched alkanes of at least 4 members (excludes halogenated alkanes) is 1. The third kappa shape index (κ3) is 4.88. The molecule has 0 aromatic carbocycles. The van der Waals surface area contributed by atoms with Gasteiger partial charge in [-0.1, -0.05) is 19.8 Å². The number of carboxylic acids is 1. The van der Waals surface area contributed by atoms with Gasteiger partial charge in [-0.2, -0.15) is 0 Å². The van der Waals surface area contributed by atoms with Crippen LogP contribution in [0.3, 0.4) is 0 Å². The Labute approximate surface area is 80.5 Å². The second kappa shape index (κ2) is 5.22. The van der Waals surface area contributed by atoms with Crippen LogP contribution in [-0.2, 0) is 4.79 Å². The molecule has 13 heavy (non-hydrogen) atoms. The lowest BCUT2D eigenvalue weighted by Gasteiger charge is -2.25. The number of aliphatic carboxylic acids is 1. The van der Waals surface area contributed by atoms with E-state index in [2.05, 4.69) is 12.2 Å². The number of nitrogens with one attached hydrogen (secondary N) is 1. The summed E-state index contributed by atoms with van der Waals surface area (Å²) in [4.78, 5) is 10.8. The number of hydrogen-bond acceptors (Lipinski definition) is 2. The van der Waals surface area contributed by atoms with Crippen molar-refractivity contribution < 1.29 is 9.90 Å². The van der Waals surface area contributed by atoms with Crippen LogP contribution < -0.4 is 5.32 Å². The van der Waals surface area contributed by atoms with Crippen LogP contribution in [0.15, 0.2) is 0 Å². The lowest BCUT2D eigenvalue weighted by atomic mass is 10.0. The first kappa shape index (κ1) is 12.4. The molecule has 0 aromatic heterocycles. The van der Waals surface area contributed by atoms with Crippen LogP contribution in [0.25, 0.3) is 0 Å². The van der Waals surface area contributed by atoms with Crippen molar-refractivity contribution in [1.29, 1.82) is 0 Å². The van der Waals surface area contributed by atoms with Crippen LogP contribution in [0.1, 0.15) is 47.0 Å². The highest BCUT2D eigenvalue weighted by atomic mass is 16.4. The molecule has 0 aliphatic heterocycles. The zero-order chi connectivity index (χ0) is 10.5. The Morgan fingerprint density at radius 3 is 2.46 bits per heavy atom. The molecule has 0 aliphatic rings. The zero-order valence-corrected chi connectivity index (χ0v) is 9.05. The summed E-state index contributed by atoms with van der Waals surface area (Å²) in [7, 11) is 0. The van der Waals surface area contributed by atoms with Gasteiger partial charge in [0, 0.05) is 6.04 Å². The number of carboxylic acid groups (broad SMARTS) is 1. The monoisotopic (exact) mass is 187 g/mol. The summed E-state index contributed by atoms with van der Waals surface area (Å²) in [5.41, 5.74) is -0.812. The van der Waals surface area contributed by atoms with Crippen molar-refractivity contribution in [3.05, 3.63) is 0 Å². The van der Waals surface area contributed by atoms with Gasteiger partial charge in [-0.05, 0) is 27.2 Å². The van der Waals surface area contributed by atoms with Crippen LogP contribution in [0, 0.1) is 0 Å². The van der Waals surface area contributed by atoms with Gasteiger partial charge in [-0.25, -0.2) is 0 Å². The van der Waals surface area contributed by atoms with Gasteiger partial charge in [-0.15, -0.1) is 0 Å². The summed E-state index contributed by atoms with van der Waals surface area (Å²) in [5.74, 6) is -0.796. The zero-order valence-electron chi connectivity index (χ0n) is 9.05. The molecular weight excluding hydrogens is 166 g/mol. The summed E-state index contributed by atoms with van der Waals surface area (Å²) in [5, 5.41) is 11.9. The van der Waals surface area contributed by atoms with Gasteiger partial charge in [0.1, 0.15) is 5.54 Å². The lowest BCUT2D eigenvalue weighted by Crippen LogP contribution is -2.50. The van der Waals surface area contributed by atoms with E-state index >= 15 is 0 Å². The van der Waals surface area contributed by atoms with Crippen LogP contribution in [0.2, 0.25) is 0 Å². The van der Waals surface area contributed by atoms with Crippen LogP contribution >= 0.6 is 0 Å². The fraction of sp³-hybridized carbons (Fsp3) is 0.900. The summed E-state index contributed by atoms with van der Waals surface area (Å²) >= 11 is 0. The molecule has 0 fully saturated rings. The Morgan fingerprint density at radius 2 is 2.08 bits per heavy atom. The topological polar surface area (TPSA) is 49.3 Å². The van der Waals surface area contributed by atoms with Crippen LogP contribution in [-0.4, -0.2) is 22.7 Å². The van der Waals surface area contributed by atoms with Gasteiger partial charge in [0.05, 0.1) is 0 Å². The Kier molecular flexibility index (Phi) is 4.99. The molecule has 3 heteroatoms. The normalized spacial score (nSPS) is 14.2. The molecule has 0 spiro atoms. The van der Waals surface area contributed by atoms with Crippen molar-refractivity contribution in [1.82, 2.24) is 5.32 Å². The van der Waals surface area contributed by atoms with Crippen molar-refractivity contribution in [3.8, 4) is 0 Å². The average Bonchev–Trinajstić information content (AvgIpc) is 1.99. The smallest absolute Gasteiger partial charge is 0.323 e. The molecule has 0 aromatic rings. The SMILES string of the molecule is CCCCC(C)NC(C)(C)C(=O)O. The van der Waals surface area contributed by atoms with E-state index in [1.165, 1.54) is 0 Å². The lowest BCUT2D eigenvalue weighted by molar-refractivity contribution is -0.143. The first-order chi connectivity index (χ1) is 5.90. The van der Waals surface area contributed by atoms with Gasteiger partial charge < -0.3 is 5.11 Å². The average molecular weight is 187 g/mol. The van der Waals surface area contributed by atoms with Crippen molar-refractivity contribution in [2.45, 2.75) is 58.5 Å². The quantitative estimate of drug-likeness (QED) is 0.668. The Morgan fingerprint density at radius 1 is 1.54 bits per heavy atom. The maximum atomic E-state index is 10.8. The first-order valence-corrected chi connectivity index (χ1v) is 4.91. The van der Waals surface area contributed by atoms with E-state index in [4.69, 9.17) is 5.11 Å². The van der Waals surface area contributed by atoms with E-state index in [-0.39, 0.29) is 6.04 Å². The van der Waals surface area contributed by atoms with E-state index in [9.17, 15) is 4.79 Å². The molecule has 0 bridgehead atoms. The maximum absolute atomic E-state index is 10.8. The van der Waals surface area contributed by atoms with Crippen molar-refractivity contribution in [2.24, 2.45) is 0 Å². The molecule has 0 amide bonds. The maximum Gasteiger partial charge on any atom is 0.323 e. The molecule has 0 saturated carbocycles. The highest BCUT2D eigenvalue weighted by Gasteiger charge is 2.27. The number of carbonyl (C=O) groups is 1. The number of rotatable bonds is 6. The van der Waals surface area contributed by atoms with Crippen molar-refractivity contribution >= 4 is 5.97 Å². The summed E-state index contributed by atoms with van der Waals surface area (Å²) in [6, 6.07) is 0.269. The minimum absolute atomic E-state index is 0.269. The molecule has 0 aliphatic carbocycles. The molecule has 0 heterocycles. The van der Waals surface area contributed by atoms with Crippen molar-refractivity contribution in [2.75, 3.05) is 0 Å². The standard InChI is InChI=1S/C10H21NO2/c1-5-6-7-8(2)11-10(3,4)9(12)13/h8,11H,5-7H2,1-4H3,(H,12,13). The third-order valence-electron chi connectivity index (χ3n) is 2.13. The van der Waals surface area contributed by atoms with E-state index in [1.54, 1.807) is 13.8 Å². The van der Waals surface area contributed by atoms with Crippen LogP contribution in [0.5, 0.6) is 0 Å². The second-order valence-electron chi connectivity index (χ2n) is 4.12. The van der Waals surface area contributed by atoms with E-state index in [0.717, 1.165) is 19.3 Å². The van der Waals surface area contributed by atoms with E-state index in [0.29, 0.717) is 0 Å². The largest absolute Gasteiger partial charge is 0.480 e. The molecular formula is C10H21NO2. The second-order valence-corrected chi connectivity index (χ2v) is 4.12. The molecule has 1 unspecified atom stereocenters. The summed E-state index contributed by atoms with van der Waals surface area (Å²) < 4.78 is 0. The highest BCUT2D eigenvalue weighted by molar-refractivity contribution is 5.77. The van der Waals surface area contributed by atoms with Gasteiger partial charge in [0.25, 0.3) is 0 Å². The Bertz CT molecular complexity index is 166. The minimum atomic E-state index is -0.812. The van der Waals surface area contributed by atoms with Crippen molar-refractivity contribution in [3.63, 3.8) is 0 Å². The molecule has 2 N–H and O–H groups in total. The minimum Gasteiger partial charge on any atom is -0.480 e. The van der Waals surface area contributed by atoms with E-state index in [1.807, 2.05) is 6.92 Å². The third-order valence-corrected chi connectivity index (χ3v) is 2.13. The molecule has 0 saturated heterocycles. The summed E-state index contributed by atoms with van der Waals surface area (Å²) in [6.07, 6.45) is 3.33. The molecule has 0 rings (SSSR count). The first-order valence-electron chi connectivity index (χ1n) is 4.91. The van der Waals surface area contributed by atoms with E-state index < -0.39 is 11.5 Å². The Hall–Kier alpha value is -0.570. The van der Waals surface area contributed by atoms with Gasteiger partial charge in [0.15, 0.2) is 0 Å². The molecule has 1 atom stereocenters. The molecule has 0 radical (unpaired) electrons. The van der Waals surface area contributed by atoms with Gasteiger partial charge in [-0.3, -0.25) is 10.1 Å². The summed E-state index contributed by atoms with van der Waals surface area (Å²) in [6.45, 7) is 7.55. The highest BCUT2D eigenvalue weighted by Crippen LogP contribution is 2.07. The molecule has 3 nitrogen and oxygen atoms in total. The predicted octanol–water partition coefficient (Wildman–Crippen LogP) is 2.02. The fourth-order valence-electron chi connectivity index (χ4n) is 1.26. The fourth-order valence-corrected chi connectivity index (χ4v) is 1.26. The van der Waals surface area contributed by atoms with Gasteiger partial charge >= 0.3 is 5.97 Å². The van der Waals surface area contributed by atoms with Crippen LogP contribution in [0.4, 0.5) is 0 Å². The number of hydrogen-bond donors (Lipinski definition) is 2. The Balaban J connectivity index is 3.89.